The average molecular weight is 430 g/mol. The molecule has 1 heterocycles. The highest BCUT2D eigenvalue weighted by Gasteiger charge is 2.12. The zero-order chi connectivity index (χ0) is 22.9. The van der Waals surface area contributed by atoms with Crippen molar-refractivity contribution >= 4 is 11.6 Å². The Kier molecular flexibility index (Phi) is 8.57. The van der Waals surface area contributed by atoms with Crippen LogP contribution in [0.15, 0.2) is 60.8 Å². The highest BCUT2D eigenvalue weighted by atomic mass is 16.1. The first-order valence-electron chi connectivity index (χ1n) is 11.6. The van der Waals surface area contributed by atoms with E-state index in [1.807, 2.05) is 6.20 Å². The summed E-state index contributed by atoms with van der Waals surface area (Å²) in [6.45, 7) is 9.56. The Morgan fingerprint density at radius 2 is 1.59 bits per heavy atom. The highest BCUT2D eigenvalue weighted by Crippen LogP contribution is 2.26. The SMILES string of the molecule is CCc1cccc(CNCC(=O)Nc2cc(-c3cccc(CC)c3)cnc2CC(C)C)c1. The molecule has 4 nitrogen and oxygen atoms in total. The number of pyridine rings is 1. The Morgan fingerprint density at radius 3 is 2.31 bits per heavy atom. The summed E-state index contributed by atoms with van der Waals surface area (Å²) in [5.41, 5.74) is 7.66. The summed E-state index contributed by atoms with van der Waals surface area (Å²) in [5, 5.41) is 6.36. The fourth-order valence-corrected chi connectivity index (χ4v) is 3.75. The van der Waals surface area contributed by atoms with Crippen LogP contribution < -0.4 is 10.6 Å². The molecule has 0 spiro atoms. The fourth-order valence-electron chi connectivity index (χ4n) is 3.75. The normalized spacial score (nSPS) is 11.0. The van der Waals surface area contributed by atoms with Gasteiger partial charge in [0.05, 0.1) is 17.9 Å². The van der Waals surface area contributed by atoms with E-state index in [-0.39, 0.29) is 12.5 Å². The molecule has 0 unspecified atom stereocenters. The smallest absolute Gasteiger partial charge is 0.238 e. The van der Waals surface area contributed by atoms with E-state index >= 15 is 0 Å². The first-order valence-corrected chi connectivity index (χ1v) is 11.6. The molecule has 2 N–H and O–H groups in total. The Morgan fingerprint density at radius 1 is 0.906 bits per heavy atom. The van der Waals surface area contributed by atoms with Crippen LogP contribution in [0.5, 0.6) is 0 Å². The molecule has 0 fully saturated rings. The third kappa shape index (κ3) is 6.76. The van der Waals surface area contributed by atoms with Gasteiger partial charge in [0.1, 0.15) is 0 Å². The molecule has 32 heavy (non-hydrogen) atoms. The van der Waals surface area contributed by atoms with Crippen molar-refractivity contribution < 1.29 is 4.79 Å². The van der Waals surface area contributed by atoms with Crippen molar-refractivity contribution in [2.45, 2.75) is 53.5 Å². The van der Waals surface area contributed by atoms with E-state index in [2.05, 4.69) is 92.9 Å². The lowest BCUT2D eigenvalue weighted by Gasteiger charge is -2.15. The molecule has 0 saturated heterocycles. The number of anilines is 1. The molecular formula is C28H35N3O. The number of nitrogens with zero attached hydrogens (tertiary/aromatic N) is 1. The van der Waals surface area contributed by atoms with E-state index in [0.29, 0.717) is 12.5 Å². The van der Waals surface area contributed by atoms with Crippen molar-refractivity contribution in [3.05, 3.63) is 83.2 Å². The van der Waals surface area contributed by atoms with Crippen LogP contribution in [-0.2, 0) is 30.6 Å². The zero-order valence-corrected chi connectivity index (χ0v) is 19.7. The Labute approximate surface area is 192 Å². The summed E-state index contributed by atoms with van der Waals surface area (Å²) in [6.07, 6.45) is 4.74. The maximum atomic E-state index is 12.7. The lowest BCUT2D eigenvalue weighted by atomic mass is 10.0. The molecule has 0 saturated carbocycles. The molecule has 2 aromatic carbocycles. The number of carbonyl (C=O) groups is 1. The lowest BCUT2D eigenvalue weighted by Crippen LogP contribution is -2.28. The zero-order valence-electron chi connectivity index (χ0n) is 19.7. The van der Waals surface area contributed by atoms with Gasteiger partial charge in [0.2, 0.25) is 5.91 Å². The number of amides is 1. The molecule has 168 valence electrons. The number of carbonyl (C=O) groups excluding carboxylic acids is 1. The van der Waals surface area contributed by atoms with E-state index in [4.69, 9.17) is 4.98 Å². The molecular weight excluding hydrogens is 394 g/mol. The Bertz CT molecular complexity index is 1040. The van der Waals surface area contributed by atoms with Crippen LogP contribution in [0.25, 0.3) is 11.1 Å². The van der Waals surface area contributed by atoms with Gasteiger partial charge in [-0.2, -0.15) is 0 Å². The van der Waals surface area contributed by atoms with Gasteiger partial charge in [0.25, 0.3) is 0 Å². The van der Waals surface area contributed by atoms with Crippen molar-refractivity contribution in [1.29, 1.82) is 0 Å². The molecule has 0 aliphatic rings. The second kappa shape index (κ2) is 11.6. The van der Waals surface area contributed by atoms with Crippen LogP contribution in [0, 0.1) is 5.92 Å². The standard InChI is InChI=1S/C28H35N3O/c1-5-21-9-7-11-23(14-21)17-29-19-28(32)31-27-16-25(18-30-26(27)13-20(3)4)24-12-8-10-22(6-2)15-24/h7-12,14-16,18,20,29H,5-6,13,17,19H2,1-4H3,(H,31,32). The minimum Gasteiger partial charge on any atom is -0.323 e. The largest absolute Gasteiger partial charge is 0.323 e. The molecule has 0 aliphatic carbocycles. The molecule has 0 bridgehead atoms. The number of benzene rings is 2. The second-order valence-electron chi connectivity index (χ2n) is 8.70. The maximum Gasteiger partial charge on any atom is 0.238 e. The van der Waals surface area contributed by atoms with Gasteiger partial charge >= 0.3 is 0 Å². The van der Waals surface area contributed by atoms with Gasteiger partial charge in [0.15, 0.2) is 0 Å². The summed E-state index contributed by atoms with van der Waals surface area (Å²) in [6, 6.07) is 19.0. The molecule has 0 aliphatic heterocycles. The quantitative estimate of drug-likeness (QED) is 0.428. The Balaban J connectivity index is 1.71. The molecule has 0 radical (unpaired) electrons. The molecule has 0 atom stereocenters. The van der Waals surface area contributed by atoms with E-state index in [1.165, 1.54) is 16.7 Å². The van der Waals surface area contributed by atoms with Crippen molar-refractivity contribution in [2.75, 3.05) is 11.9 Å². The van der Waals surface area contributed by atoms with Crippen LogP contribution in [0.2, 0.25) is 0 Å². The van der Waals surface area contributed by atoms with Gasteiger partial charge in [-0.3, -0.25) is 9.78 Å². The summed E-state index contributed by atoms with van der Waals surface area (Å²) in [4.78, 5) is 17.4. The van der Waals surface area contributed by atoms with Gasteiger partial charge < -0.3 is 10.6 Å². The Hall–Kier alpha value is -2.98. The van der Waals surface area contributed by atoms with E-state index in [1.54, 1.807) is 0 Å². The number of hydrogen-bond donors (Lipinski definition) is 2. The summed E-state index contributed by atoms with van der Waals surface area (Å²) in [5.74, 6) is 0.402. The van der Waals surface area contributed by atoms with Crippen molar-refractivity contribution in [2.24, 2.45) is 5.92 Å². The van der Waals surface area contributed by atoms with Crippen LogP contribution in [0.1, 0.15) is 50.1 Å². The predicted octanol–water partition coefficient (Wildman–Crippen LogP) is 5.80. The molecule has 3 aromatic rings. The molecule has 1 amide bonds. The number of rotatable bonds is 10. The fraction of sp³-hybridized carbons (Fsp3) is 0.357. The molecule has 1 aromatic heterocycles. The minimum atomic E-state index is -0.0529. The summed E-state index contributed by atoms with van der Waals surface area (Å²) >= 11 is 0. The van der Waals surface area contributed by atoms with Gasteiger partial charge in [0, 0.05) is 18.3 Å². The number of aryl methyl sites for hydroxylation is 2. The predicted molar refractivity (Wildman–Crippen MR) is 134 cm³/mol. The second-order valence-corrected chi connectivity index (χ2v) is 8.70. The maximum absolute atomic E-state index is 12.7. The highest BCUT2D eigenvalue weighted by molar-refractivity contribution is 5.93. The van der Waals surface area contributed by atoms with Gasteiger partial charge in [-0.05, 0) is 53.5 Å². The summed E-state index contributed by atoms with van der Waals surface area (Å²) < 4.78 is 0. The van der Waals surface area contributed by atoms with Gasteiger partial charge in [-0.1, -0.05) is 76.2 Å². The number of nitrogens with one attached hydrogen (secondary N) is 2. The first kappa shape index (κ1) is 23.7. The minimum absolute atomic E-state index is 0.0529. The van der Waals surface area contributed by atoms with Crippen LogP contribution in [0.4, 0.5) is 5.69 Å². The topological polar surface area (TPSA) is 54.0 Å². The molecule has 3 rings (SSSR count). The number of hydrogen-bond acceptors (Lipinski definition) is 3. The van der Waals surface area contributed by atoms with Gasteiger partial charge in [-0.25, -0.2) is 0 Å². The third-order valence-corrected chi connectivity index (χ3v) is 5.53. The van der Waals surface area contributed by atoms with E-state index < -0.39 is 0 Å². The average Bonchev–Trinajstić information content (AvgIpc) is 2.80. The van der Waals surface area contributed by atoms with Crippen molar-refractivity contribution in [1.82, 2.24) is 10.3 Å². The van der Waals surface area contributed by atoms with Crippen LogP contribution in [-0.4, -0.2) is 17.4 Å². The monoisotopic (exact) mass is 429 g/mol. The molecule has 4 heteroatoms. The van der Waals surface area contributed by atoms with Crippen LogP contribution in [0.3, 0.4) is 0 Å². The third-order valence-electron chi connectivity index (χ3n) is 5.53. The summed E-state index contributed by atoms with van der Waals surface area (Å²) in [7, 11) is 0. The first-order chi connectivity index (χ1) is 15.5. The number of aromatic nitrogens is 1. The van der Waals surface area contributed by atoms with Gasteiger partial charge in [-0.15, -0.1) is 0 Å². The van der Waals surface area contributed by atoms with Crippen LogP contribution >= 0.6 is 0 Å². The van der Waals surface area contributed by atoms with Crippen molar-refractivity contribution in [3.8, 4) is 11.1 Å². The van der Waals surface area contributed by atoms with E-state index in [9.17, 15) is 4.79 Å². The van der Waals surface area contributed by atoms with Crippen molar-refractivity contribution in [3.63, 3.8) is 0 Å². The lowest BCUT2D eigenvalue weighted by molar-refractivity contribution is -0.115. The van der Waals surface area contributed by atoms with E-state index in [0.717, 1.165) is 41.8 Å².